The number of morpholine rings is 1. The van der Waals surface area contributed by atoms with Gasteiger partial charge in [-0.15, -0.1) is 0 Å². The smallest absolute Gasteiger partial charge is 0.283 e. The van der Waals surface area contributed by atoms with E-state index >= 15 is 0 Å². The molecule has 1 fully saturated rings. The number of hydrogen-bond donors (Lipinski definition) is 1. The van der Waals surface area contributed by atoms with Gasteiger partial charge in [-0.25, -0.2) is 15.0 Å². The molecule has 12 heteroatoms. The number of methoxy groups -OCH3 is 1. The molecular weight excluding hydrogens is 466 g/mol. The van der Waals surface area contributed by atoms with Gasteiger partial charge >= 0.3 is 0 Å². The molecule has 2 amide bonds. The SMILES string of the molecule is COc1c(OCCCN2CCOCC2=O)ccc2c3n(c(=NC(=O)c4cnc(C)nc4)nc12)CCN3. The molecule has 2 aliphatic heterocycles. The van der Waals surface area contributed by atoms with Gasteiger partial charge in [0.05, 0.1) is 25.9 Å². The molecule has 0 aliphatic carbocycles. The second-order valence-electron chi connectivity index (χ2n) is 8.40. The third-order valence-electron chi connectivity index (χ3n) is 6.05. The van der Waals surface area contributed by atoms with Crippen LogP contribution < -0.4 is 20.4 Å². The first-order valence-corrected chi connectivity index (χ1v) is 11.8. The summed E-state index contributed by atoms with van der Waals surface area (Å²) < 4.78 is 18.7. The third-order valence-corrected chi connectivity index (χ3v) is 6.05. The van der Waals surface area contributed by atoms with Crippen molar-refractivity contribution in [2.75, 3.05) is 51.9 Å². The zero-order chi connectivity index (χ0) is 25.1. The van der Waals surface area contributed by atoms with Crippen LogP contribution in [-0.2, 0) is 16.1 Å². The van der Waals surface area contributed by atoms with Gasteiger partial charge in [0.2, 0.25) is 11.5 Å². The van der Waals surface area contributed by atoms with Crippen LogP contribution >= 0.6 is 0 Å². The first kappa shape index (κ1) is 23.7. The van der Waals surface area contributed by atoms with Gasteiger partial charge in [0, 0.05) is 44.0 Å². The van der Waals surface area contributed by atoms with E-state index in [-0.39, 0.29) is 23.7 Å². The summed E-state index contributed by atoms with van der Waals surface area (Å²) in [6.07, 6.45) is 3.57. The maximum atomic E-state index is 12.8. The number of anilines is 1. The van der Waals surface area contributed by atoms with Gasteiger partial charge < -0.3 is 24.4 Å². The number of hydrogen-bond acceptors (Lipinski definition) is 9. The molecule has 1 N–H and O–H groups in total. The molecule has 5 rings (SSSR count). The number of nitrogens with one attached hydrogen (secondary N) is 1. The highest BCUT2D eigenvalue weighted by Crippen LogP contribution is 2.37. The average molecular weight is 494 g/mol. The second-order valence-corrected chi connectivity index (χ2v) is 8.40. The fourth-order valence-electron chi connectivity index (χ4n) is 4.23. The van der Waals surface area contributed by atoms with Crippen LogP contribution in [0.3, 0.4) is 0 Å². The molecule has 0 atom stereocenters. The Hall–Kier alpha value is -4.06. The number of rotatable bonds is 7. The predicted octanol–water partition coefficient (Wildman–Crippen LogP) is 0.938. The predicted molar refractivity (Wildman–Crippen MR) is 129 cm³/mol. The third kappa shape index (κ3) is 4.71. The van der Waals surface area contributed by atoms with Gasteiger partial charge in [0.25, 0.3) is 5.91 Å². The standard InChI is InChI=1S/C24H27N7O5/c1-15-26-12-16(13-27-15)23(33)29-24-28-20-17(22-25-6-8-31(22)24)4-5-18(21(20)34-2)36-10-3-7-30-9-11-35-14-19(30)32/h4-5,12-13,25H,3,6-11,14H2,1-2H3. The topological polar surface area (TPSA) is 133 Å². The van der Waals surface area contributed by atoms with Crippen LogP contribution in [0.5, 0.6) is 11.5 Å². The Morgan fingerprint density at radius 3 is 2.86 bits per heavy atom. The summed E-state index contributed by atoms with van der Waals surface area (Å²) >= 11 is 0. The number of aromatic nitrogens is 4. The average Bonchev–Trinajstić information content (AvgIpc) is 3.38. The minimum Gasteiger partial charge on any atom is -0.491 e. The monoisotopic (exact) mass is 493 g/mol. The molecule has 0 unspecified atom stereocenters. The van der Waals surface area contributed by atoms with Crippen molar-refractivity contribution < 1.29 is 23.8 Å². The van der Waals surface area contributed by atoms with Gasteiger partial charge in [-0.1, -0.05) is 0 Å². The van der Waals surface area contributed by atoms with Gasteiger partial charge in [0.15, 0.2) is 11.5 Å². The molecule has 1 aromatic carbocycles. The van der Waals surface area contributed by atoms with E-state index < -0.39 is 5.91 Å². The van der Waals surface area contributed by atoms with Crippen molar-refractivity contribution in [1.82, 2.24) is 24.4 Å². The lowest BCUT2D eigenvalue weighted by atomic mass is 10.2. The highest BCUT2D eigenvalue weighted by molar-refractivity contribution is 5.96. The fraction of sp³-hybridized carbons (Fsp3) is 0.417. The van der Waals surface area contributed by atoms with E-state index in [1.807, 2.05) is 16.7 Å². The molecule has 36 heavy (non-hydrogen) atoms. The molecule has 188 valence electrons. The second kappa shape index (κ2) is 10.3. The van der Waals surface area contributed by atoms with E-state index in [0.29, 0.717) is 68.7 Å². The Morgan fingerprint density at radius 2 is 2.08 bits per heavy atom. The molecule has 12 nitrogen and oxygen atoms in total. The molecule has 1 saturated heterocycles. The first-order valence-electron chi connectivity index (χ1n) is 11.8. The van der Waals surface area contributed by atoms with Gasteiger partial charge in [-0.05, 0) is 25.5 Å². The molecule has 0 saturated carbocycles. The zero-order valence-electron chi connectivity index (χ0n) is 20.2. The molecule has 2 aromatic heterocycles. The van der Waals surface area contributed by atoms with Crippen LogP contribution in [0.25, 0.3) is 10.9 Å². The van der Waals surface area contributed by atoms with Crippen molar-refractivity contribution in [1.29, 1.82) is 0 Å². The summed E-state index contributed by atoms with van der Waals surface area (Å²) in [6.45, 7) is 5.33. The van der Waals surface area contributed by atoms with E-state index in [0.717, 1.165) is 11.2 Å². The van der Waals surface area contributed by atoms with Crippen LogP contribution in [0, 0.1) is 6.92 Å². The van der Waals surface area contributed by atoms with E-state index in [2.05, 4.69) is 20.3 Å². The lowest BCUT2D eigenvalue weighted by Gasteiger charge is -2.26. The Bertz CT molecular complexity index is 1370. The summed E-state index contributed by atoms with van der Waals surface area (Å²) in [5.41, 5.74) is 1.07. The van der Waals surface area contributed by atoms with E-state index in [4.69, 9.17) is 19.2 Å². The Kier molecular flexibility index (Phi) is 6.76. The van der Waals surface area contributed by atoms with Crippen LogP contribution in [-0.4, -0.2) is 82.8 Å². The number of carbonyl (C=O) groups excluding carboxylic acids is 2. The molecule has 0 radical (unpaired) electrons. The zero-order valence-corrected chi connectivity index (χ0v) is 20.2. The summed E-state index contributed by atoms with van der Waals surface area (Å²) in [6, 6.07) is 3.75. The van der Waals surface area contributed by atoms with Crippen molar-refractivity contribution in [2.45, 2.75) is 19.9 Å². The van der Waals surface area contributed by atoms with Gasteiger partial charge in [-0.3, -0.25) is 14.2 Å². The van der Waals surface area contributed by atoms with Crippen LogP contribution in [0.4, 0.5) is 5.82 Å². The van der Waals surface area contributed by atoms with Gasteiger partial charge in [0.1, 0.15) is 23.8 Å². The summed E-state index contributed by atoms with van der Waals surface area (Å²) in [7, 11) is 1.55. The highest BCUT2D eigenvalue weighted by Gasteiger charge is 2.21. The largest absolute Gasteiger partial charge is 0.491 e. The van der Waals surface area contributed by atoms with Crippen LogP contribution in [0.2, 0.25) is 0 Å². The number of nitrogens with zero attached hydrogens (tertiary/aromatic N) is 6. The Balaban J connectivity index is 1.43. The highest BCUT2D eigenvalue weighted by atomic mass is 16.5. The first-order chi connectivity index (χ1) is 17.5. The molecular formula is C24H27N7O5. The summed E-state index contributed by atoms with van der Waals surface area (Å²) in [5, 5.41) is 4.18. The van der Waals surface area contributed by atoms with Crippen LogP contribution in [0.1, 0.15) is 22.6 Å². The number of benzene rings is 1. The van der Waals surface area contributed by atoms with Crippen molar-refractivity contribution in [2.24, 2.45) is 4.99 Å². The summed E-state index contributed by atoms with van der Waals surface area (Å²) in [4.78, 5) is 43.6. The van der Waals surface area contributed by atoms with Crippen molar-refractivity contribution >= 4 is 28.5 Å². The van der Waals surface area contributed by atoms with E-state index in [1.165, 1.54) is 12.4 Å². The Morgan fingerprint density at radius 1 is 1.25 bits per heavy atom. The lowest BCUT2D eigenvalue weighted by molar-refractivity contribution is -0.142. The van der Waals surface area contributed by atoms with Crippen LogP contribution in [0.15, 0.2) is 29.5 Å². The number of fused-ring (bicyclic) bond motifs is 3. The normalized spacial score (nSPS) is 15.7. The molecule has 2 aliphatic rings. The van der Waals surface area contributed by atoms with E-state index in [1.54, 1.807) is 18.9 Å². The van der Waals surface area contributed by atoms with Gasteiger partial charge in [-0.2, -0.15) is 4.99 Å². The van der Waals surface area contributed by atoms with Crippen molar-refractivity contribution in [3.8, 4) is 11.5 Å². The quantitative estimate of drug-likeness (QED) is 0.477. The molecule has 3 aromatic rings. The summed E-state index contributed by atoms with van der Waals surface area (Å²) in [5.74, 6) is 1.88. The maximum Gasteiger partial charge on any atom is 0.283 e. The van der Waals surface area contributed by atoms with E-state index in [9.17, 15) is 9.59 Å². The molecule has 4 heterocycles. The maximum absolute atomic E-state index is 12.8. The number of carbonyl (C=O) groups is 2. The minimum atomic E-state index is -0.479. The molecule has 0 spiro atoms. The number of ether oxygens (including phenoxy) is 3. The lowest BCUT2D eigenvalue weighted by Crippen LogP contribution is -2.42. The molecule has 0 bridgehead atoms. The minimum absolute atomic E-state index is 0.00406. The van der Waals surface area contributed by atoms with Crippen molar-refractivity contribution in [3.63, 3.8) is 0 Å². The fourth-order valence-corrected chi connectivity index (χ4v) is 4.23. The van der Waals surface area contributed by atoms with Crippen molar-refractivity contribution in [3.05, 3.63) is 41.5 Å². The number of amides is 2. The Labute approximate surface area is 206 Å². The number of aryl methyl sites for hydroxylation is 1.